The molecule has 0 fully saturated rings. The molecule has 1 aromatic carbocycles. The zero-order valence-corrected chi connectivity index (χ0v) is 16.8. The Balaban J connectivity index is 1.78. The fraction of sp³-hybridized carbons (Fsp3) is 0.222. The summed E-state index contributed by atoms with van der Waals surface area (Å²) in [6, 6.07) is 12.4. The molecule has 0 spiro atoms. The van der Waals surface area contributed by atoms with Gasteiger partial charge in [0.05, 0.1) is 23.6 Å². The maximum absolute atomic E-state index is 12.5. The van der Waals surface area contributed by atoms with E-state index in [1.54, 1.807) is 28.3 Å². The number of thiophene rings is 1. The minimum absolute atomic E-state index is 0.209. The van der Waals surface area contributed by atoms with E-state index in [9.17, 15) is 13.2 Å². The quantitative estimate of drug-likeness (QED) is 0.685. The van der Waals surface area contributed by atoms with Gasteiger partial charge in [0.2, 0.25) is 5.91 Å². The van der Waals surface area contributed by atoms with Gasteiger partial charge in [-0.15, -0.1) is 11.3 Å². The fourth-order valence-electron chi connectivity index (χ4n) is 2.68. The Morgan fingerprint density at radius 1 is 1.22 bits per heavy atom. The van der Waals surface area contributed by atoms with Gasteiger partial charge in [-0.2, -0.15) is 9.40 Å². The number of benzene rings is 1. The van der Waals surface area contributed by atoms with Crippen molar-refractivity contribution in [2.75, 3.05) is 18.9 Å². The molecule has 0 aliphatic heterocycles. The third-order valence-corrected chi connectivity index (χ3v) is 7.12. The Bertz CT molecular complexity index is 1060. The van der Waals surface area contributed by atoms with Gasteiger partial charge in [-0.3, -0.25) is 4.79 Å². The van der Waals surface area contributed by atoms with Crippen LogP contribution >= 0.6 is 11.3 Å². The molecule has 0 saturated carbocycles. The largest absolute Gasteiger partial charge is 0.323 e. The van der Waals surface area contributed by atoms with Crippen LogP contribution in [0.25, 0.3) is 5.69 Å². The molecule has 0 aliphatic rings. The van der Waals surface area contributed by atoms with Crippen LogP contribution < -0.4 is 5.32 Å². The molecule has 0 unspecified atom stereocenters. The van der Waals surface area contributed by atoms with Crippen molar-refractivity contribution in [1.82, 2.24) is 14.1 Å². The van der Waals surface area contributed by atoms with Crippen LogP contribution in [0.4, 0.5) is 5.69 Å². The number of likely N-dealkylation sites (N-methyl/N-ethyl adjacent to an activating group) is 1. The van der Waals surface area contributed by atoms with Gasteiger partial charge < -0.3 is 5.32 Å². The van der Waals surface area contributed by atoms with Crippen LogP contribution in [-0.4, -0.2) is 42.0 Å². The minimum atomic E-state index is -3.68. The Morgan fingerprint density at radius 2 is 1.96 bits per heavy atom. The molecule has 7 nitrogen and oxygen atoms in total. The average Bonchev–Trinajstić information content (AvgIpc) is 3.25. The molecule has 2 aromatic heterocycles. The lowest BCUT2D eigenvalue weighted by molar-refractivity contribution is -0.116. The SMILES string of the molecule is Cc1cc(C)n(-c2ccccc2NC(=O)CN(C)S(=O)(=O)c2cccs2)n1. The summed E-state index contributed by atoms with van der Waals surface area (Å²) >= 11 is 1.12. The highest BCUT2D eigenvalue weighted by molar-refractivity contribution is 7.91. The minimum Gasteiger partial charge on any atom is -0.323 e. The molecule has 0 atom stereocenters. The molecule has 27 heavy (non-hydrogen) atoms. The lowest BCUT2D eigenvalue weighted by atomic mass is 10.2. The summed E-state index contributed by atoms with van der Waals surface area (Å²) < 4.78 is 27.9. The molecule has 9 heteroatoms. The van der Waals surface area contributed by atoms with Crippen LogP contribution in [0.15, 0.2) is 52.1 Å². The number of aryl methyl sites for hydroxylation is 2. The zero-order valence-electron chi connectivity index (χ0n) is 15.2. The van der Waals surface area contributed by atoms with E-state index < -0.39 is 15.9 Å². The number of anilines is 1. The number of sulfonamides is 1. The Hall–Kier alpha value is -2.49. The number of amides is 1. The van der Waals surface area contributed by atoms with Crippen molar-refractivity contribution < 1.29 is 13.2 Å². The van der Waals surface area contributed by atoms with Crippen LogP contribution in [0.5, 0.6) is 0 Å². The zero-order chi connectivity index (χ0) is 19.6. The second kappa shape index (κ2) is 7.63. The molecular weight excluding hydrogens is 384 g/mol. The van der Waals surface area contributed by atoms with E-state index in [1.807, 2.05) is 32.0 Å². The fourth-order valence-corrected chi connectivity index (χ4v) is 5.01. The van der Waals surface area contributed by atoms with Crippen molar-refractivity contribution >= 4 is 33.0 Å². The highest BCUT2D eigenvalue weighted by atomic mass is 32.2. The first kappa shape index (κ1) is 19.3. The number of carbonyl (C=O) groups is 1. The number of nitrogens with zero attached hydrogens (tertiary/aromatic N) is 3. The van der Waals surface area contributed by atoms with Crippen LogP contribution in [0.2, 0.25) is 0 Å². The molecule has 0 aliphatic carbocycles. The lowest BCUT2D eigenvalue weighted by Crippen LogP contribution is -2.34. The molecule has 1 N–H and O–H groups in total. The number of para-hydroxylation sites is 2. The van der Waals surface area contributed by atoms with Crippen molar-refractivity contribution in [2.45, 2.75) is 18.1 Å². The van der Waals surface area contributed by atoms with Gasteiger partial charge in [-0.1, -0.05) is 18.2 Å². The van der Waals surface area contributed by atoms with E-state index in [0.29, 0.717) is 5.69 Å². The van der Waals surface area contributed by atoms with Crippen molar-refractivity contribution in [1.29, 1.82) is 0 Å². The average molecular weight is 405 g/mol. The monoisotopic (exact) mass is 404 g/mol. The molecular formula is C18H20N4O3S2. The molecule has 3 aromatic rings. The van der Waals surface area contributed by atoms with Gasteiger partial charge >= 0.3 is 0 Å². The van der Waals surface area contributed by atoms with Crippen molar-refractivity contribution in [3.8, 4) is 5.69 Å². The van der Waals surface area contributed by atoms with Gasteiger partial charge in [0, 0.05) is 12.7 Å². The second-order valence-electron chi connectivity index (χ2n) is 6.10. The molecule has 142 valence electrons. The Labute approximate surface area is 162 Å². The van der Waals surface area contributed by atoms with E-state index in [0.717, 1.165) is 32.7 Å². The third-order valence-electron chi connectivity index (χ3n) is 3.94. The summed E-state index contributed by atoms with van der Waals surface area (Å²) in [5, 5.41) is 8.92. The number of nitrogens with one attached hydrogen (secondary N) is 1. The second-order valence-corrected chi connectivity index (χ2v) is 9.32. The van der Waals surface area contributed by atoms with Gasteiger partial charge in [-0.05, 0) is 43.5 Å². The maximum atomic E-state index is 12.5. The van der Waals surface area contributed by atoms with Crippen LogP contribution in [0.3, 0.4) is 0 Å². The summed E-state index contributed by atoms with van der Waals surface area (Å²) in [6.45, 7) is 3.54. The topological polar surface area (TPSA) is 84.3 Å². The predicted octanol–water partition coefficient (Wildman–Crippen LogP) is 2.81. The van der Waals surface area contributed by atoms with E-state index in [-0.39, 0.29) is 10.8 Å². The summed E-state index contributed by atoms with van der Waals surface area (Å²) in [7, 11) is -2.28. The number of rotatable bonds is 6. The predicted molar refractivity (Wildman–Crippen MR) is 106 cm³/mol. The Kier molecular flexibility index (Phi) is 5.45. The highest BCUT2D eigenvalue weighted by Gasteiger charge is 2.24. The number of hydrogen-bond donors (Lipinski definition) is 1. The standard InChI is InChI=1S/C18H20N4O3S2/c1-13-11-14(2)22(20-13)16-8-5-4-7-15(16)19-17(23)12-21(3)27(24,25)18-9-6-10-26-18/h4-11H,12H2,1-3H3,(H,19,23). The molecule has 3 rings (SSSR count). The van der Waals surface area contributed by atoms with E-state index in [4.69, 9.17) is 0 Å². The van der Waals surface area contributed by atoms with Crippen molar-refractivity contribution in [3.05, 3.63) is 59.2 Å². The van der Waals surface area contributed by atoms with Crippen LogP contribution in [0.1, 0.15) is 11.4 Å². The Morgan fingerprint density at radius 3 is 2.59 bits per heavy atom. The van der Waals surface area contributed by atoms with Crippen molar-refractivity contribution in [3.63, 3.8) is 0 Å². The molecule has 0 saturated heterocycles. The van der Waals surface area contributed by atoms with Gasteiger partial charge in [0.15, 0.2) is 0 Å². The molecule has 0 bridgehead atoms. The lowest BCUT2D eigenvalue weighted by Gasteiger charge is -2.17. The smallest absolute Gasteiger partial charge is 0.252 e. The maximum Gasteiger partial charge on any atom is 0.252 e. The van der Waals surface area contributed by atoms with Crippen molar-refractivity contribution in [2.24, 2.45) is 0 Å². The molecule has 1 amide bonds. The normalized spacial score (nSPS) is 11.7. The molecule has 2 heterocycles. The summed E-state index contributed by atoms with van der Waals surface area (Å²) in [5.41, 5.74) is 3.10. The van der Waals surface area contributed by atoms with Gasteiger partial charge in [0.25, 0.3) is 10.0 Å². The number of aromatic nitrogens is 2. The highest BCUT2D eigenvalue weighted by Crippen LogP contribution is 2.22. The van der Waals surface area contributed by atoms with Gasteiger partial charge in [-0.25, -0.2) is 13.1 Å². The third kappa shape index (κ3) is 4.10. The number of hydrogen-bond acceptors (Lipinski definition) is 5. The summed E-state index contributed by atoms with van der Waals surface area (Å²) in [5.74, 6) is -0.424. The first-order valence-corrected chi connectivity index (χ1v) is 10.5. The van der Waals surface area contributed by atoms with Crippen LogP contribution in [-0.2, 0) is 14.8 Å². The van der Waals surface area contributed by atoms with E-state index in [2.05, 4.69) is 10.4 Å². The van der Waals surface area contributed by atoms with E-state index in [1.165, 1.54) is 13.1 Å². The number of carbonyl (C=O) groups excluding carboxylic acids is 1. The van der Waals surface area contributed by atoms with Gasteiger partial charge in [0.1, 0.15) is 4.21 Å². The summed E-state index contributed by atoms with van der Waals surface area (Å²) in [4.78, 5) is 12.5. The first-order chi connectivity index (χ1) is 12.8. The van der Waals surface area contributed by atoms with E-state index >= 15 is 0 Å². The molecule has 0 radical (unpaired) electrons. The van der Waals surface area contributed by atoms with Crippen LogP contribution in [0, 0.1) is 13.8 Å². The summed E-state index contributed by atoms with van der Waals surface area (Å²) in [6.07, 6.45) is 0. The first-order valence-electron chi connectivity index (χ1n) is 8.21.